The second-order valence-corrected chi connectivity index (χ2v) is 7.01. The number of aromatic nitrogens is 1. The van der Waals surface area contributed by atoms with Crippen LogP contribution in [0.2, 0.25) is 5.02 Å². The first-order valence-corrected chi connectivity index (χ1v) is 8.18. The van der Waals surface area contributed by atoms with Gasteiger partial charge in [0.1, 0.15) is 5.02 Å². The maximum Gasteiger partial charge on any atom is 0.266 e. The van der Waals surface area contributed by atoms with E-state index in [4.69, 9.17) is 11.6 Å². The van der Waals surface area contributed by atoms with E-state index < -0.39 is 21.5 Å². The van der Waals surface area contributed by atoms with Gasteiger partial charge in [-0.2, -0.15) is 4.31 Å². The van der Waals surface area contributed by atoms with Crippen LogP contribution in [0.4, 0.5) is 0 Å². The Hall–Kier alpha value is -1.38. The number of nitrogens with one attached hydrogen (secondary N) is 2. The largest absolute Gasteiger partial charge is 0.353 e. The third kappa shape index (κ3) is 4.55. The van der Waals surface area contributed by atoms with Crippen molar-refractivity contribution in [2.24, 2.45) is 0 Å². The zero-order valence-electron chi connectivity index (χ0n) is 12.0. The summed E-state index contributed by atoms with van der Waals surface area (Å²) in [4.78, 5) is 25.0. The Morgan fingerprint density at radius 2 is 2.10 bits per heavy atom. The number of carbonyl (C=O) groups is 1. The lowest BCUT2D eigenvalue weighted by molar-refractivity contribution is -0.121. The van der Waals surface area contributed by atoms with Crippen LogP contribution in [0.15, 0.2) is 22.0 Å². The minimum absolute atomic E-state index is 0.0820. The lowest BCUT2D eigenvalue weighted by Gasteiger charge is -2.20. The summed E-state index contributed by atoms with van der Waals surface area (Å²) in [5, 5.41) is 2.40. The SMILES string of the molecule is CCN(CC(=O)NC(C)C)S(=O)(=O)c1c[nH]c(=O)c(Cl)c1. The molecule has 0 spiro atoms. The summed E-state index contributed by atoms with van der Waals surface area (Å²) in [6, 6.07) is 0.986. The van der Waals surface area contributed by atoms with E-state index in [1.54, 1.807) is 20.8 Å². The molecule has 21 heavy (non-hydrogen) atoms. The van der Waals surface area contributed by atoms with Gasteiger partial charge in [-0.3, -0.25) is 9.59 Å². The maximum atomic E-state index is 12.4. The van der Waals surface area contributed by atoms with Crippen LogP contribution in [0.25, 0.3) is 0 Å². The highest BCUT2D eigenvalue weighted by Crippen LogP contribution is 2.16. The Morgan fingerprint density at radius 1 is 1.48 bits per heavy atom. The van der Waals surface area contributed by atoms with Crippen molar-refractivity contribution in [1.82, 2.24) is 14.6 Å². The average Bonchev–Trinajstić information content (AvgIpc) is 2.37. The average molecular weight is 336 g/mol. The van der Waals surface area contributed by atoms with Crippen molar-refractivity contribution in [2.75, 3.05) is 13.1 Å². The fraction of sp³-hybridized carbons (Fsp3) is 0.500. The first-order valence-electron chi connectivity index (χ1n) is 6.36. The minimum Gasteiger partial charge on any atom is -0.353 e. The molecule has 1 aromatic rings. The lowest BCUT2D eigenvalue weighted by Crippen LogP contribution is -2.42. The molecule has 0 aliphatic rings. The molecule has 1 rings (SSSR count). The number of hydrogen-bond acceptors (Lipinski definition) is 4. The molecular formula is C12H18ClN3O4S. The first kappa shape index (κ1) is 17.7. The molecular weight excluding hydrogens is 318 g/mol. The molecule has 0 saturated heterocycles. The molecule has 0 radical (unpaired) electrons. The van der Waals surface area contributed by atoms with Gasteiger partial charge in [-0.05, 0) is 19.9 Å². The number of nitrogens with zero attached hydrogens (tertiary/aromatic N) is 1. The van der Waals surface area contributed by atoms with E-state index in [1.165, 1.54) is 0 Å². The van der Waals surface area contributed by atoms with Crippen molar-refractivity contribution in [2.45, 2.75) is 31.7 Å². The number of aromatic amines is 1. The Labute approximate surface area is 128 Å². The Morgan fingerprint density at radius 3 is 2.57 bits per heavy atom. The zero-order chi connectivity index (χ0) is 16.2. The quantitative estimate of drug-likeness (QED) is 0.793. The topological polar surface area (TPSA) is 99.3 Å². The van der Waals surface area contributed by atoms with Crippen molar-refractivity contribution < 1.29 is 13.2 Å². The second kappa shape index (κ2) is 7.06. The molecule has 9 heteroatoms. The number of pyridine rings is 1. The number of amides is 1. The van der Waals surface area contributed by atoms with Crippen LogP contribution in [-0.4, -0.2) is 42.7 Å². The first-order chi connectivity index (χ1) is 9.68. The van der Waals surface area contributed by atoms with Crippen LogP contribution in [-0.2, 0) is 14.8 Å². The van der Waals surface area contributed by atoms with Crippen LogP contribution in [0, 0.1) is 0 Å². The van der Waals surface area contributed by atoms with Gasteiger partial charge in [-0.1, -0.05) is 18.5 Å². The lowest BCUT2D eigenvalue weighted by atomic mass is 10.4. The molecule has 0 aliphatic heterocycles. The number of hydrogen-bond donors (Lipinski definition) is 2. The van der Waals surface area contributed by atoms with Crippen molar-refractivity contribution in [3.8, 4) is 0 Å². The number of carbonyl (C=O) groups excluding carboxylic acids is 1. The molecule has 0 aromatic carbocycles. The summed E-state index contributed by atoms with van der Waals surface area (Å²) in [6.45, 7) is 5.00. The molecule has 0 bridgehead atoms. The highest BCUT2D eigenvalue weighted by Gasteiger charge is 2.26. The molecule has 0 unspecified atom stereocenters. The van der Waals surface area contributed by atoms with Gasteiger partial charge in [-0.15, -0.1) is 0 Å². The van der Waals surface area contributed by atoms with Crippen LogP contribution in [0.1, 0.15) is 20.8 Å². The summed E-state index contributed by atoms with van der Waals surface area (Å²) in [5.74, 6) is -0.397. The van der Waals surface area contributed by atoms with E-state index in [2.05, 4.69) is 10.3 Å². The van der Waals surface area contributed by atoms with Crippen molar-refractivity contribution >= 4 is 27.5 Å². The predicted molar refractivity (Wildman–Crippen MR) is 79.8 cm³/mol. The summed E-state index contributed by atoms with van der Waals surface area (Å²) in [7, 11) is -3.90. The Kier molecular flexibility index (Phi) is 5.94. The van der Waals surface area contributed by atoms with Crippen molar-refractivity contribution in [3.63, 3.8) is 0 Å². The standard InChI is InChI=1S/C12H18ClN3O4S/c1-4-16(7-11(17)15-8(2)3)21(19,20)9-5-10(13)12(18)14-6-9/h5-6,8H,4,7H2,1-3H3,(H,14,18)(H,15,17). The third-order valence-electron chi connectivity index (χ3n) is 2.59. The molecule has 0 saturated carbocycles. The van der Waals surface area contributed by atoms with Gasteiger partial charge in [0, 0.05) is 18.8 Å². The monoisotopic (exact) mass is 335 g/mol. The van der Waals surface area contributed by atoms with Gasteiger partial charge < -0.3 is 10.3 Å². The van der Waals surface area contributed by atoms with E-state index in [-0.39, 0.29) is 29.0 Å². The minimum atomic E-state index is -3.90. The second-order valence-electron chi connectivity index (χ2n) is 4.67. The highest BCUT2D eigenvalue weighted by atomic mass is 35.5. The van der Waals surface area contributed by atoms with Gasteiger partial charge in [0.15, 0.2) is 0 Å². The van der Waals surface area contributed by atoms with Gasteiger partial charge in [-0.25, -0.2) is 8.42 Å². The third-order valence-corrected chi connectivity index (χ3v) is 4.77. The van der Waals surface area contributed by atoms with Crippen molar-refractivity contribution in [3.05, 3.63) is 27.6 Å². The smallest absolute Gasteiger partial charge is 0.266 e. The molecule has 0 fully saturated rings. The van der Waals surface area contributed by atoms with Gasteiger partial charge in [0.2, 0.25) is 15.9 Å². The van der Waals surface area contributed by atoms with E-state index >= 15 is 0 Å². The van der Waals surface area contributed by atoms with Crippen molar-refractivity contribution in [1.29, 1.82) is 0 Å². The van der Waals surface area contributed by atoms with Gasteiger partial charge in [0.05, 0.1) is 11.4 Å². The number of H-pyrrole nitrogens is 1. The molecule has 1 aromatic heterocycles. The van der Waals surface area contributed by atoms with Crippen LogP contribution < -0.4 is 10.9 Å². The molecule has 118 valence electrons. The van der Waals surface area contributed by atoms with Crippen LogP contribution in [0.5, 0.6) is 0 Å². The van der Waals surface area contributed by atoms with Crippen LogP contribution >= 0.6 is 11.6 Å². The fourth-order valence-corrected chi connectivity index (χ4v) is 3.27. The number of rotatable bonds is 6. The number of halogens is 1. The van der Waals surface area contributed by atoms with Crippen LogP contribution in [0.3, 0.4) is 0 Å². The normalized spacial score (nSPS) is 11.9. The zero-order valence-corrected chi connectivity index (χ0v) is 13.6. The summed E-state index contributed by atoms with van der Waals surface area (Å²) in [6.07, 6.45) is 1.06. The van der Waals surface area contributed by atoms with E-state index in [0.717, 1.165) is 16.6 Å². The maximum absolute atomic E-state index is 12.4. The Bertz CT molecular complexity index is 669. The van der Waals surface area contributed by atoms with E-state index in [1.807, 2.05) is 0 Å². The van der Waals surface area contributed by atoms with Gasteiger partial charge >= 0.3 is 0 Å². The molecule has 1 amide bonds. The number of likely N-dealkylation sites (N-methyl/N-ethyl adjacent to an activating group) is 1. The fourth-order valence-electron chi connectivity index (χ4n) is 1.63. The molecule has 0 atom stereocenters. The summed E-state index contributed by atoms with van der Waals surface area (Å²) < 4.78 is 25.8. The number of sulfonamides is 1. The molecule has 0 aliphatic carbocycles. The summed E-state index contributed by atoms with van der Waals surface area (Å²) in [5.41, 5.74) is -0.573. The Balaban J connectivity index is 3.04. The van der Waals surface area contributed by atoms with E-state index in [0.29, 0.717) is 0 Å². The molecule has 1 heterocycles. The van der Waals surface area contributed by atoms with E-state index in [9.17, 15) is 18.0 Å². The molecule has 2 N–H and O–H groups in total. The summed E-state index contributed by atoms with van der Waals surface area (Å²) >= 11 is 5.64. The molecule has 7 nitrogen and oxygen atoms in total. The van der Waals surface area contributed by atoms with Gasteiger partial charge in [0.25, 0.3) is 5.56 Å². The highest BCUT2D eigenvalue weighted by molar-refractivity contribution is 7.89. The predicted octanol–water partition coefficient (Wildman–Crippen LogP) is 0.563.